The zero-order chi connectivity index (χ0) is 20.4. The van der Waals surface area contributed by atoms with Gasteiger partial charge in [-0.3, -0.25) is 0 Å². The summed E-state index contributed by atoms with van der Waals surface area (Å²) in [6.07, 6.45) is 4.30. The van der Waals surface area contributed by atoms with Crippen molar-refractivity contribution in [2.24, 2.45) is 0 Å². The lowest BCUT2D eigenvalue weighted by Crippen LogP contribution is -2.27. The zero-order valence-corrected chi connectivity index (χ0v) is 16.5. The van der Waals surface area contributed by atoms with Gasteiger partial charge in [0, 0.05) is 29.8 Å². The summed E-state index contributed by atoms with van der Waals surface area (Å²) in [5, 5.41) is 10.3. The summed E-state index contributed by atoms with van der Waals surface area (Å²) in [6.45, 7) is 1.91. The topological polar surface area (TPSA) is 95.7 Å². The number of hydrogen-bond donors (Lipinski definition) is 3. The van der Waals surface area contributed by atoms with E-state index in [0.29, 0.717) is 11.3 Å². The predicted octanol–water partition coefficient (Wildman–Crippen LogP) is 3.08. The number of sulfone groups is 1. The molecule has 0 saturated carbocycles. The molecule has 0 aliphatic heterocycles. The van der Waals surface area contributed by atoms with Crippen molar-refractivity contribution < 1.29 is 13.5 Å². The van der Waals surface area contributed by atoms with Crippen molar-refractivity contribution >= 4 is 21.2 Å². The summed E-state index contributed by atoms with van der Waals surface area (Å²) in [5.41, 5.74) is 8.75. The molecule has 8 heteroatoms. The van der Waals surface area contributed by atoms with E-state index in [9.17, 15) is 13.5 Å². The molecule has 0 amide bonds. The molecule has 3 N–H and O–H groups in total. The van der Waals surface area contributed by atoms with Crippen LogP contribution >= 0.6 is 0 Å². The molecule has 2 aromatic carbocycles. The predicted molar refractivity (Wildman–Crippen MR) is 110 cm³/mol. The van der Waals surface area contributed by atoms with Crippen LogP contribution in [0.5, 0.6) is 0 Å². The number of nitrogens with one attached hydrogen (secondary N) is 2. The van der Waals surface area contributed by atoms with E-state index in [2.05, 4.69) is 15.8 Å². The van der Waals surface area contributed by atoms with Crippen molar-refractivity contribution in [3.05, 3.63) is 90.4 Å². The van der Waals surface area contributed by atoms with E-state index in [4.69, 9.17) is 0 Å². The van der Waals surface area contributed by atoms with E-state index in [1.165, 1.54) is 12.1 Å². The van der Waals surface area contributed by atoms with Crippen molar-refractivity contribution in [3.8, 4) is 0 Å². The summed E-state index contributed by atoms with van der Waals surface area (Å²) in [5.74, 6) is 0. The van der Waals surface area contributed by atoms with Crippen LogP contribution in [0.25, 0.3) is 5.65 Å². The first kappa shape index (κ1) is 19.1. The van der Waals surface area contributed by atoms with Crippen LogP contribution in [-0.2, 0) is 9.84 Å². The fourth-order valence-electron chi connectivity index (χ4n) is 2.90. The molecule has 7 nitrogen and oxygen atoms in total. The number of fused-ring (bicyclic) bond motifs is 1. The first-order valence-electron chi connectivity index (χ1n) is 8.97. The molecular weight excluding hydrogens is 388 g/mol. The van der Waals surface area contributed by atoms with Crippen LogP contribution in [0.15, 0.2) is 89.0 Å². The highest BCUT2D eigenvalue weighted by molar-refractivity contribution is 7.91. The molecule has 0 aliphatic carbocycles. The van der Waals surface area contributed by atoms with E-state index in [-0.39, 0.29) is 9.79 Å². The SMILES string of the molecule is Cc1ccc(S(=O)(=O)c2ccc(NNC(O)c3ccc4nccn4c3)cc2)cc1. The van der Waals surface area contributed by atoms with Crippen LogP contribution in [-0.4, -0.2) is 22.9 Å². The van der Waals surface area contributed by atoms with E-state index < -0.39 is 16.1 Å². The fraction of sp³-hybridized carbons (Fsp3) is 0.0952. The third-order valence-electron chi connectivity index (χ3n) is 4.58. The molecule has 0 spiro atoms. The molecule has 2 heterocycles. The van der Waals surface area contributed by atoms with Gasteiger partial charge in [0.15, 0.2) is 0 Å². The minimum absolute atomic E-state index is 0.206. The fourth-order valence-corrected chi connectivity index (χ4v) is 4.17. The summed E-state index contributed by atoms with van der Waals surface area (Å²) in [4.78, 5) is 4.63. The number of rotatable bonds is 6. The summed E-state index contributed by atoms with van der Waals surface area (Å²) in [7, 11) is -3.57. The number of hydrazine groups is 1. The van der Waals surface area contributed by atoms with Crippen molar-refractivity contribution in [2.75, 3.05) is 5.43 Å². The third kappa shape index (κ3) is 4.00. The lowest BCUT2D eigenvalue weighted by molar-refractivity contribution is 0.148. The Morgan fingerprint density at radius 2 is 1.62 bits per heavy atom. The van der Waals surface area contributed by atoms with Gasteiger partial charge in [-0.05, 0) is 55.5 Å². The van der Waals surface area contributed by atoms with Crippen LogP contribution in [0.1, 0.15) is 17.4 Å². The monoisotopic (exact) mass is 408 g/mol. The van der Waals surface area contributed by atoms with Gasteiger partial charge in [0.05, 0.1) is 9.79 Å². The molecule has 29 heavy (non-hydrogen) atoms. The second-order valence-electron chi connectivity index (χ2n) is 6.67. The normalized spacial score (nSPS) is 12.8. The maximum atomic E-state index is 12.7. The summed E-state index contributed by atoms with van der Waals surface area (Å²) >= 11 is 0. The van der Waals surface area contributed by atoms with Crippen molar-refractivity contribution in [3.63, 3.8) is 0 Å². The molecule has 0 aliphatic rings. The molecule has 4 aromatic rings. The van der Waals surface area contributed by atoms with Crippen LogP contribution in [0.3, 0.4) is 0 Å². The molecule has 4 rings (SSSR count). The van der Waals surface area contributed by atoms with Gasteiger partial charge in [-0.1, -0.05) is 17.7 Å². The lowest BCUT2D eigenvalue weighted by atomic mass is 10.2. The van der Waals surface area contributed by atoms with Gasteiger partial charge in [-0.15, -0.1) is 0 Å². The van der Waals surface area contributed by atoms with Gasteiger partial charge < -0.3 is 14.9 Å². The smallest absolute Gasteiger partial charge is 0.206 e. The van der Waals surface area contributed by atoms with Gasteiger partial charge in [0.25, 0.3) is 0 Å². The molecular formula is C21H20N4O3S. The summed E-state index contributed by atoms with van der Waals surface area (Å²) in [6, 6.07) is 16.7. The largest absolute Gasteiger partial charge is 0.373 e. The number of pyridine rings is 1. The molecule has 2 aromatic heterocycles. The first-order chi connectivity index (χ1) is 13.9. The Morgan fingerprint density at radius 3 is 2.31 bits per heavy atom. The van der Waals surface area contributed by atoms with E-state index in [0.717, 1.165) is 11.2 Å². The standard InChI is InChI=1S/C21H20N4O3S/c1-15-2-7-18(8-3-15)29(27,28)19-9-5-17(6-10-19)23-24-21(26)16-4-11-20-22-12-13-25(20)14-16/h2-14,21,23-24,26H,1H3. The number of aliphatic hydroxyl groups excluding tert-OH is 1. The van der Waals surface area contributed by atoms with Crippen molar-refractivity contribution in [2.45, 2.75) is 22.9 Å². The Balaban J connectivity index is 1.44. The highest BCUT2D eigenvalue weighted by Crippen LogP contribution is 2.22. The average molecular weight is 408 g/mol. The number of aryl methyl sites for hydroxylation is 1. The Kier molecular flexibility index (Phi) is 5.06. The number of nitrogens with zero attached hydrogens (tertiary/aromatic N) is 2. The van der Waals surface area contributed by atoms with Gasteiger partial charge >= 0.3 is 0 Å². The maximum absolute atomic E-state index is 12.7. The number of aromatic nitrogens is 2. The van der Waals surface area contributed by atoms with E-state index >= 15 is 0 Å². The molecule has 0 radical (unpaired) electrons. The van der Waals surface area contributed by atoms with Crippen LogP contribution in [0.4, 0.5) is 5.69 Å². The Hall–Kier alpha value is -3.20. The third-order valence-corrected chi connectivity index (χ3v) is 6.36. The summed E-state index contributed by atoms with van der Waals surface area (Å²) < 4.78 is 27.2. The van der Waals surface area contributed by atoms with Crippen molar-refractivity contribution in [1.29, 1.82) is 0 Å². The quantitative estimate of drug-likeness (QED) is 0.335. The van der Waals surface area contributed by atoms with Crippen molar-refractivity contribution in [1.82, 2.24) is 14.8 Å². The zero-order valence-electron chi connectivity index (χ0n) is 15.6. The van der Waals surface area contributed by atoms with E-state index in [1.807, 2.05) is 17.4 Å². The molecule has 0 fully saturated rings. The van der Waals surface area contributed by atoms with Crippen LogP contribution in [0.2, 0.25) is 0 Å². The lowest BCUT2D eigenvalue weighted by Gasteiger charge is -2.15. The number of imidazole rings is 1. The number of hydrogen-bond acceptors (Lipinski definition) is 6. The second-order valence-corrected chi connectivity index (χ2v) is 8.62. The Bertz CT molecular complexity index is 1230. The first-order valence-corrected chi connectivity index (χ1v) is 10.5. The van der Waals surface area contributed by atoms with Gasteiger partial charge in [-0.25, -0.2) is 18.8 Å². The minimum Gasteiger partial charge on any atom is -0.373 e. The Morgan fingerprint density at radius 1 is 0.966 bits per heavy atom. The number of benzene rings is 2. The molecule has 0 bridgehead atoms. The second kappa shape index (κ2) is 7.67. The average Bonchev–Trinajstić information content (AvgIpc) is 3.20. The van der Waals surface area contributed by atoms with Crippen LogP contribution < -0.4 is 10.9 Å². The molecule has 0 saturated heterocycles. The maximum Gasteiger partial charge on any atom is 0.206 e. The number of anilines is 1. The Labute approximate surface area is 168 Å². The van der Waals surface area contributed by atoms with Gasteiger partial charge in [-0.2, -0.15) is 0 Å². The van der Waals surface area contributed by atoms with Gasteiger partial charge in [0.1, 0.15) is 11.9 Å². The van der Waals surface area contributed by atoms with E-state index in [1.54, 1.807) is 61.1 Å². The highest BCUT2D eigenvalue weighted by Gasteiger charge is 2.17. The number of aliphatic hydroxyl groups is 1. The molecule has 1 unspecified atom stereocenters. The molecule has 148 valence electrons. The highest BCUT2D eigenvalue weighted by atomic mass is 32.2. The minimum atomic E-state index is -3.57. The van der Waals surface area contributed by atoms with Crippen LogP contribution in [0, 0.1) is 6.92 Å². The van der Waals surface area contributed by atoms with Gasteiger partial charge in [0.2, 0.25) is 9.84 Å². The molecule has 1 atom stereocenters.